The van der Waals surface area contributed by atoms with E-state index in [1.165, 1.54) is 6.92 Å². The molecule has 0 amide bonds. The number of rotatable bonds is 3. The Kier molecular flexibility index (Phi) is 2.48. The summed E-state index contributed by atoms with van der Waals surface area (Å²) in [7, 11) is 0. The topological polar surface area (TPSA) is 116 Å². The molecule has 2 atom stereocenters. The van der Waals surface area contributed by atoms with E-state index in [-0.39, 0.29) is 18.5 Å². The summed E-state index contributed by atoms with van der Waals surface area (Å²) in [6.07, 6.45) is 0.0569. The van der Waals surface area contributed by atoms with Gasteiger partial charge < -0.3 is 15.6 Å². The third kappa shape index (κ3) is 1.25. The zero-order chi connectivity index (χ0) is 13.7. The fraction of sp³-hybridized carbons (Fsp3) is 0.545. The number of hydrogen-bond acceptors (Lipinski definition) is 5. The van der Waals surface area contributed by atoms with E-state index in [0.29, 0.717) is 5.57 Å². The van der Waals surface area contributed by atoms with Gasteiger partial charge >= 0.3 is 11.9 Å². The Hall–Kier alpha value is -1.89. The molecule has 0 saturated carbocycles. The molecule has 0 aromatic rings. The van der Waals surface area contributed by atoms with Crippen LogP contribution < -0.4 is 10.9 Å². The molecule has 1 aliphatic carbocycles. The summed E-state index contributed by atoms with van der Waals surface area (Å²) < 4.78 is 0. The van der Waals surface area contributed by atoms with Crippen LogP contribution in [0.4, 0.5) is 0 Å². The number of nitrogens with one attached hydrogen (secondary N) is 2. The molecule has 98 valence electrons. The van der Waals surface area contributed by atoms with Crippen LogP contribution in [0.5, 0.6) is 0 Å². The minimum absolute atomic E-state index is 0.0736. The van der Waals surface area contributed by atoms with Gasteiger partial charge in [0.25, 0.3) is 0 Å². The number of hydrogen-bond donors (Lipinski definition) is 4. The first-order valence-corrected chi connectivity index (χ1v) is 5.58. The highest BCUT2D eigenvalue weighted by Crippen LogP contribution is 2.46. The third-order valence-electron chi connectivity index (χ3n) is 3.92. The van der Waals surface area contributed by atoms with Crippen LogP contribution in [0, 0.1) is 5.41 Å². The number of carboxylic acid groups (broad SMARTS) is 2. The lowest BCUT2D eigenvalue weighted by Gasteiger charge is -2.27. The SMILES string of the molecule is CCC1(C(=O)O)CC2=C(NNC2(C)C(=O)O)C1=O. The van der Waals surface area contributed by atoms with Gasteiger partial charge in [0.05, 0.1) is 5.70 Å². The highest BCUT2D eigenvalue weighted by molar-refractivity contribution is 6.15. The van der Waals surface area contributed by atoms with Crippen molar-refractivity contribution in [2.45, 2.75) is 32.2 Å². The second-order valence-corrected chi connectivity index (χ2v) is 4.78. The van der Waals surface area contributed by atoms with Gasteiger partial charge in [0.1, 0.15) is 5.41 Å². The fourth-order valence-corrected chi connectivity index (χ4v) is 2.46. The average molecular weight is 254 g/mol. The lowest BCUT2D eigenvalue weighted by molar-refractivity contribution is -0.154. The molecule has 0 aromatic heterocycles. The molecule has 4 N–H and O–H groups in total. The summed E-state index contributed by atoms with van der Waals surface area (Å²) in [5.74, 6) is -2.91. The van der Waals surface area contributed by atoms with Gasteiger partial charge in [0, 0.05) is 0 Å². The van der Waals surface area contributed by atoms with Gasteiger partial charge in [-0.15, -0.1) is 0 Å². The molecule has 2 aliphatic rings. The van der Waals surface area contributed by atoms with E-state index >= 15 is 0 Å². The van der Waals surface area contributed by atoms with Crippen LogP contribution >= 0.6 is 0 Å². The minimum Gasteiger partial charge on any atom is -0.480 e. The number of hydrazine groups is 1. The Bertz CT molecular complexity index is 498. The predicted molar refractivity (Wildman–Crippen MR) is 59.3 cm³/mol. The van der Waals surface area contributed by atoms with Crippen molar-refractivity contribution >= 4 is 17.7 Å². The molecule has 18 heavy (non-hydrogen) atoms. The average Bonchev–Trinajstić information content (AvgIpc) is 2.78. The van der Waals surface area contributed by atoms with E-state index in [1.807, 2.05) is 0 Å². The van der Waals surface area contributed by atoms with E-state index in [2.05, 4.69) is 10.9 Å². The number of carbonyl (C=O) groups is 3. The lowest BCUT2D eigenvalue weighted by atomic mass is 9.78. The number of allylic oxidation sites excluding steroid dienone is 1. The van der Waals surface area contributed by atoms with Crippen LogP contribution in [0.3, 0.4) is 0 Å². The molecule has 0 spiro atoms. The predicted octanol–water partition coefficient (Wildman–Crippen LogP) is -0.355. The minimum atomic E-state index is -1.53. The van der Waals surface area contributed by atoms with E-state index < -0.39 is 28.7 Å². The van der Waals surface area contributed by atoms with Gasteiger partial charge in [-0.2, -0.15) is 0 Å². The highest BCUT2D eigenvalue weighted by Gasteiger charge is 2.59. The number of ketones is 1. The molecule has 1 aliphatic heterocycles. The van der Waals surface area contributed by atoms with Crippen molar-refractivity contribution in [1.82, 2.24) is 10.9 Å². The Morgan fingerprint density at radius 2 is 1.94 bits per heavy atom. The van der Waals surface area contributed by atoms with E-state index in [4.69, 9.17) is 0 Å². The van der Waals surface area contributed by atoms with Gasteiger partial charge in [-0.3, -0.25) is 9.59 Å². The van der Waals surface area contributed by atoms with E-state index in [0.717, 1.165) is 0 Å². The molecule has 2 unspecified atom stereocenters. The van der Waals surface area contributed by atoms with Gasteiger partial charge in [0.15, 0.2) is 11.3 Å². The van der Waals surface area contributed by atoms with Crippen molar-refractivity contribution < 1.29 is 24.6 Å². The summed E-state index contributed by atoms with van der Waals surface area (Å²) in [6, 6.07) is 0. The number of Topliss-reactive ketones (excluding diaryl/α,β-unsaturated/α-hetero) is 1. The summed E-state index contributed by atoms with van der Waals surface area (Å²) in [5.41, 5.74) is 2.48. The lowest BCUT2D eigenvalue weighted by Crippen LogP contribution is -2.53. The van der Waals surface area contributed by atoms with Gasteiger partial charge in [-0.25, -0.2) is 10.2 Å². The Labute approximate surface area is 103 Å². The van der Waals surface area contributed by atoms with Crippen molar-refractivity contribution in [3.8, 4) is 0 Å². The third-order valence-corrected chi connectivity index (χ3v) is 3.92. The smallest absolute Gasteiger partial charge is 0.329 e. The molecule has 2 rings (SSSR count). The Morgan fingerprint density at radius 1 is 1.33 bits per heavy atom. The first-order valence-electron chi connectivity index (χ1n) is 5.58. The molecule has 7 heteroatoms. The van der Waals surface area contributed by atoms with Crippen LogP contribution in [0.15, 0.2) is 11.3 Å². The summed E-state index contributed by atoms with van der Waals surface area (Å²) >= 11 is 0. The zero-order valence-corrected chi connectivity index (χ0v) is 10.0. The number of carboxylic acids is 2. The first kappa shape index (κ1) is 12.6. The van der Waals surface area contributed by atoms with Gasteiger partial charge in [-0.05, 0) is 25.3 Å². The summed E-state index contributed by atoms with van der Waals surface area (Å²) in [5, 5.41) is 18.4. The van der Waals surface area contributed by atoms with Crippen LogP contribution in [0.25, 0.3) is 0 Å². The van der Waals surface area contributed by atoms with Crippen molar-refractivity contribution in [1.29, 1.82) is 0 Å². The van der Waals surface area contributed by atoms with Gasteiger partial charge in [0.2, 0.25) is 0 Å². The van der Waals surface area contributed by atoms with Crippen LogP contribution in [-0.4, -0.2) is 33.5 Å². The van der Waals surface area contributed by atoms with Crippen molar-refractivity contribution in [2.75, 3.05) is 0 Å². The Balaban J connectivity index is 2.48. The maximum absolute atomic E-state index is 12.2. The van der Waals surface area contributed by atoms with Crippen molar-refractivity contribution in [2.24, 2.45) is 5.41 Å². The molecule has 1 heterocycles. The van der Waals surface area contributed by atoms with Gasteiger partial charge in [-0.1, -0.05) is 6.92 Å². The normalized spacial score (nSPS) is 34.4. The zero-order valence-electron chi connectivity index (χ0n) is 10.0. The second kappa shape index (κ2) is 3.55. The first-order chi connectivity index (χ1) is 8.29. The molecular weight excluding hydrogens is 240 g/mol. The van der Waals surface area contributed by atoms with Crippen LogP contribution in [0.2, 0.25) is 0 Å². The largest absolute Gasteiger partial charge is 0.480 e. The Morgan fingerprint density at radius 3 is 2.39 bits per heavy atom. The fourth-order valence-electron chi connectivity index (χ4n) is 2.46. The maximum Gasteiger partial charge on any atom is 0.329 e. The molecule has 7 nitrogen and oxygen atoms in total. The molecule has 0 fully saturated rings. The van der Waals surface area contributed by atoms with E-state index in [9.17, 15) is 24.6 Å². The second-order valence-electron chi connectivity index (χ2n) is 4.78. The standard InChI is InChI=1S/C11H14N2O5/c1-3-11(9(17)18)4-5-6(7(11)14)12-13-10(5,2)8(15)16/h12-13H,3-4H2,1-2H3,(H,15,16)(H,17,18). The summed E-state index contributed by atoms with van der Waals surface area (Å²) in [6.45, 7) is 3.02. The molecular formula is C11H14N2O5. The highest BCUT2D eigenvalue weighted by atomic mass is 16.4. The molecule has 0 aromatic carbocycles. The number of aliphatic carboxylic acids is 2. The quantitative estimate of drug-likeness (QED) is 0.508. The number of carbonyl (C=O) groups excluding carboxylic acids is 1. The molecule has 0 radical (unpaired) electrons. The van der Waals surface area contributed by atoms with Crippen LogP contribution in [-0.2, 0) is 14.4 Å². The molecule has 0 saturated heterocycles. The van der Waals surface area contributed by atoms with Crippen LogP contribution in [0.1, 0.15) is 26.7 Å². The van der Waals surface area contributed by atoms with Crippen molar-refractivity contribution in [3.05, 3.63) is 11.3 Å². The monoisotopic (exact) mass is 254 g/mol. The van der Waals surface area contributed by atoms with E-state index in [1.54, 1.807) is 6.92 Å². The summed E-state index contributed by atoms with van der Waals surface area (Å²) in [4.78, 5) is 34.7. The maximum atomic E-state index is 12.2. The van der Waals surface area contributed by atoms with Crippen molar-refractivity contribution in [3.63, 3.8) is 0 Å². The molecule has 0 bridgehead atoms.